The number of rotatable bonds is 8. The van der Waals surface area contributed by atoms with E-state index in [9.17, 15) is 14.9 Å². The molecule has 1 amide bonds. The molecule has 2 N–H and O–H groups in total. The summed E-state index contributed by atoms with van der Waals surface area (Å²) in [7, 11) is 2.11. The molecule has 1 saturated heterocycles. The predicted octanol–water partition coefficient (Wildman–Crippen LogP) is 3.96. The molecular formula is C25H29N5O3S. The molecule has 0 radical (unpaired) electrons. The van der Waals surface area contributed by atoms with E-state index in [1.54, 1.807) is 36.0 Å². The molecule has 1 fully saturated rings. The number of likely N-dealkylation sites (N-methyl/N-ethyl adjacent to an activating group) is 1. The van der Waals surface area contributed by atoms with Crippen molar-refractivity contribution in [3.8, 4) is 22.5 Å². The van der Waals surface area contributed by atoms with E-state index in [0.717, 1.165) is 48.9 Å². The van der Waals surface area contributed by atoms with Crippen molar-refractivity contribution in [3.63, 3.8) is 0 Å². The van der Waals surface area contributed by atoms with E-state index in [4.69, 9.17) is 0 Å². The van der Waals surface area contributed by atoms with Gasteiger partial charge in [0.2, 0.25) is 0 Å². The Morgan fingerprint density at radius 1 is 1.12 bits per heavy atom. The summed E-state index contributed by atoms with van der Waals surface area (Å²) in [6, 6.07) is 16.3. The van der Waals surface area contributed by atoms with E-state index in [1.165, 1.54) is 6.07 Å². The lowest BCUT2D eigenvalue weighted by molar-refractivity contribution is -0.384. The molecule has 3 aromatic rings. The van der Waals surface area contributed by atoms with Crippen LogP contribution in [0.1, 0.15) is 10.4 Å². The quantitative estimate of drug-likeness (QED) is 0.289. The predicted molar refractivity (Wildman–Crippen MR) is 136 cm³/mol. The van der Waals surface area contributed by atoms with E-state index < -0.39 is 4.92 Å². The first kappa shape index (κ1) is 24.0. The van der Waals surface area contributed by atoms with Gasteiger partial charge in [0.15, 0.2) is 0 Å². The number of nitrogens with zero attached hydrogens (tertiary/aromatic N) is 3. The van der Waals surface area contributed by atoms with Gasteiger partial charge in [-0.25, -0.2) is 0 Å². The Kier molecular flexibility index (Phi) is 7.66. The zero-order valence-corrected chi connectivity index (χ0v) is 20.2. The van der Waals surface area contributed by atoms with Crippen LogP contribution in [0.15, 0.2) is 59.5 Å². The van der Waals surface area contributed by atoms with Crippen molar-refractivity contribution in [1.29, 1.82) is 0 Å². The minimum atomic E-state index is -0.418. The first-order chi connectivity index (χ1) is 16.5. The summed E-state index contributed by atoms with van der Waals surface area (Å²) < 4.78 is 0. The van der Waals surface area contributed by atoms with Gasteiger partial charge in [0.25, 0.3) is 11.6 Å². The van der Waals surface area contributed by atoms with Gasteiger partial charge in [-0.1, -0.05) is 24.3 Å². The minimum absolute atomic E-state index is 0.0416. The van der Waals surface area contributed by atoms with Gasteiger partial charge in [-0.2, -0.15) is 0 Å². The summed E-state index contributed by atoms with van der Waals surface area (Å²) in [6.45, 7) is 5.29. The van der Waals surface area contributed by atoms with Crippen molar-refractivity contribution in [2.45, 2.75) is 4.90 Å². The Bertz CT molecular complexity index is 1150. The second kappa shape index (κ2) is 10.9. The van der Waals surface area contributed by atoms with E-state index >= 15 is 0 Å². The third-order valence-electron chi connectivity index (χ3n) is 6.14. The van der Waals surface area contributed by atoms with Crippen molar-refractivity contribution >= 4 is 23.4 Å². The van der Waals surface area contributed by atoms with Crippen molar-refractivity contribution in [3.05, 3.63) is 70.3 Å². The number of benzene rings is 2. The lowest BCUT2D eigenvalue weighted by atomic mass is 10.1. The maximum atomic E-state index is 13.2. The Morgan fingerprint density at radius 3 is 2.50 bits per heavy atom. The number of amides is 1. The molecule has 0 unspecified atom stereocenters. The number of carbonyl (C=O) groups excluding carboxylic acids is 1. The average Bonchev–Trinajstić information content (AvgIpc) is 3.31. The summed E-state index contributed by atoms with van der Waals surface area (Å²) >= 11 is 1.65. The zero-order chi connectivity index (χ0) is 24.1. The van der Waals surface area contributed by atoms with E-state index in [-0.39, 0.29) is 11.6 Å². The minimum Gasteiger partial charge on any atom is -0.354 e. The normalized spacial score (nSPS) is 14.8. The molecule has 178 valence electrons. The van der Waals surface area contributed by atoms with Crippen LogP contribution in [0.3, 0.4) is 0 Å². The van der Waals surface area contributed by atoms with Gasteiger partial charge in [0.05, 0.1) is 21.7 Å². The third kappa shape index (κ3) is 5.49. The summed E-state index contributed by atoms with van der Waals surface area (Å²) in [5.41, 5.74) is 2.85. The van der Waals surface area contributed by atoms with E-state index in [0.29, 0.717) is 23.4 Å². The fraction of sp³-hybridized carbons (Fsp3) is 0.320. The molecule has 2 aromatic carbocycles. The van der Waals surface area contributed by atoms with Crippen molar-refractivity contribution in [2.24, 2.45) is 0 Å². The fourth-order valence-corrected chi connectivity index (χ4v) is 4.52. The Balaban J connectivity index is 1.61. The Labute approximate surface area is 203 Å². The van der Waals surface area contributed by atoms with Gasteiger partial charge in [-0.05, 0) is 43.1 Å². The topological polar surface area (TPSA) is 94.5 Å². The van der Waals surface area contributed by atoms with Crippen LogP contribution in [0.4, 0.5) is 5.69 Å². The molecule has 0 atom stereocenters. The summed E-state index contributed by atoms with van der Waals surface area (Å²) in [4.78, 5) is 33.5. The van der Waals surface area contributed by atoms with Crippen LogP contribution in [0.5, 0.6) is 0 Å². The van der Waals surface area contributed by atoms with Gasteiger partial charge >= 0.3 is 0 Å². The molecule has 9 heteroatoms. The van der Waals surface area contributed by atoms with Gasteiger partial charge in [0, 0.05) is 55.9 Å². The molecule has 1 aliphatic rings. The van der Waals surface area contributed by atoms with Gasteiger partial charge in [0.1, 0.15) is 0 Å². The molecule has 0 aliphatic carbocycles. The van der Waals surface area contributed by atoms with Gasteiger partial charge in [-0.15, -0.1) is 11.8 Å². The van der Waals surface area contributed by atoms with Crippen molar-refractivity contribution in [1.82, 2.24) is 20.1 Å². The molecule has 0 saturated carbocycles. The SMILES string of the molecule is CSc1ccc(-c2cc(C(=O)NCCN3CCN(C)CC3)c(-c3ccccc3[N+](=O)[O-])[nH]2)cc1. The number of aromatic nitrogens is 1. The third-order valence-corrected chi connectivity index (χ3v) is 6.89. The maximum absolute atomic E-state index is 13.2. The summed E-state index contributed by atoms with van der Waals surface area (Å²) in [5, 5.41) is 14.7. The van der Waals surface area contributed by atoms with Crippen LogP contribution in [-0.4, -0.2) is 78.2 Å². The molecule has 8 nitrogen and oxygen atoms in total. The highest BCUT2D eigenvalue weighted by Crippen LogP contribution is 2.34. The lowest BCUT2D eigenvalue weighted by Gasteiger charge is -2.32. The van der Waals surface area contributed by atoms with Crippen LogP contribution >= 0.6 is 11.8 Å². The smallest absolute Gasteiger partial charge is 0.278 e. The number of piperazine rings is 1. The summed E-state index contributed by atoms with van der Waals surface area (Å²) in [5.74, 6) is -0.245. The largest absolute Gasteiger partial charge is 0.354 e. The molecule has 0 bridgehead atoms. The molecule has 0 spiro atoms. The highest BCUT2D eigenvalue weighted by molar-refractivity contribution is 7.98. The number of nitrogens with one attached hydrogen (secondary N) is 2. The van der Waals surface area contributed by atoms with E-state index in [1.807, 2.05) is 30.5 Å². The highest BCUT2D eigenvalue weighted by Gasteiger charge is 2.23. The number of hydrogen-bond acceptors (Lipinski definition) is 6. The number of nitro benzene ring substituents is 1. The number of nitro groups is 1. The van der Waals surface area contributed by atoms with E-state index in [2.05, 4.69) is 27.1 Å². The van der Waals surface area contributed by atoms with Crippen molar-refractivity contribution in [2.75, 3.05) is 52.6 Å². The number of aromatic amines is 1. The van der Waals surface area contributed by atoms with Crippen LogP contribution in [0.2, 0.25) is 0 Å². The summed E-state index contributed by atoms with van der Waals surface area (Å²) in [6.07, 6.45) is 2.01. The van der Waals surface area contributed by atoms with Crippen LogP contribution in [0.25, 0.3) is 22.5 Å². The number of H-pyrrole nitrogens is 1. The van der Waals surface area contributed by atoms with Crippen LogP contribution in [0, 0.1) is 10.1 Å². The first-order valence-corrected chi connectivity index (χ1v) is 12.5. The molecule has 4 rings (SSSR count). The first-order valence-electron chi connectivity index (χ1n) is 11.3. The van der Waals surface area contributed by atoms with Crippen LogP contribution in [-0.2, 0) is 0 Å². The average molecular weight is 480 g/mol. The maximum Gasteiger partial charge on any atom is 0.278 e. The molecule has 1 aliphatic heterocycles. The second-order valence-electron chi connectivity index (χ2n) is 8.38. The lowest BCUT2D eigenvalue weighted by Crippen LogP contribution is -2.46. The van der Waals surface area contributed by atoms with Crippen molar-refractivity contribution < 1.29 is 9.72 Å². The number of carbonyl (C=O) groups is 1. The number of hydrogen-bond donors (Lipinski definition) is 2. The zero-order valence-electron chi connectivity index (χ0n) is 19.4. The second-order valence-corrected chi connectivity index (χ2v) is 9.25. The molecule has 34 heavy (non-hydrogen) atoms. The van der Waals surface area contributed by atoms with Crippen LogP contribution < -0.4 is 5.32 Å². The standard InChI is InChI=1S/C25H29N5O3S/c1-28-13-15-29(16-14-28)12-11-26-25(31)21-17-22(18-7-9-19(34-2)10-8-18)27-24(21)20-5-3-4-6-23(20)30(32)33/h3-10,17,27H,11-16H2,1-2H3,(H,26,31). The Hall–Kier alpha value is -3.14. The van der Waals surface area contributed by atoms with Gasteiger partial charge in [-0.3, -0.25) is 19.8 Å². The number of thioether (sulfide) groups is 1. The monoisotopic (exact) mass is 479 g/mol. The number of para-hydroxylation sites is 1. The van der Waals surface area contributed by atoms with Gasteiger partial charge < -0.3 is 15.2 Å². The molecule has 1 aromatic heterocycles. The fourth-order valence-electron chi connectivity index (χ4n) is 4.11. The highest BCUT2D eigenvalue weighted by atomic mass is 32.2. The Morgan fingerprint density at radius 2 is 1.82 bits per heavy atom. The molecule has 2 heterocycles. The molecular weight excluding hydrogens is 450 g/mol.